The van der Waals surface area contributed by atoms with E-state index in [1.807, 2.05) is 84.9 Å². The lowest BCUT2D eigenvalue weighted by Gasteiger charge is -2.18. The number of hydrogen-bond donors (Lipinski definition) is 0. The minimum Gasteiger partial charge on any atom is -0.456 e. The average molecular weight is 1090 g/mol. The highest BCUT2D eigenvalue weighted by atomic mass is 16.3. The van der Waals surface area contributed by atoms with Gasteiger partial charge in [0.15, 0.2) is 0 Å². The zero-order valence-electron chi connectivity index (χ0n) is 76.6. The lowest BCUT2D eigenvalue weighted by Crippen LogP contribution is -1.91. The SMILES string of the molecule is [2H]c1c([2H])c([2H])c(-c2c([2H])c(-c3c([2H])c([2H])c4c([2H])c([2H])c5c([2H])c([2H])c([2H])c6c([2H])c([2H])c3c4c56)c([2H])c(-c3c([2H])c([2H])c4c([2H])c([2H])c5c([2H])c([2H])c([2H])c6c([2H])c([2H])c3c4c56)c2[2H])c([2H])c1[2H].[2H]c1c([2H])c([2H])c2c(-c3ccc4oc5ccccc5c4c3)c3c([2H])c([2H])c([2H])c([2H])c3c(-c3ccc(-c4ccccc4)cc3)c2c1[2H]. The van der Waals surface area contributed by atoms with Gasteiger partial charge in [-0.3, -0.25) is 0 Å². The number of para-hydroxylation sites is 1. The molecule has 0 fully saturated rings. The molecule has 0 unspecified atom stereocenters. The summed E-state index contributed by atoms with van der Waals surface area (Å²) in [7, 11) is 0. The summed E-state index contributed by atoms with van der Waals surface area (Å²) in [4.78, 5) is 0. The number of hydrogen-bond acceptors (Lipinski definition) is 1. The van der Waals surface area contributed by atoms with Crippen LogP contribution in [0.2, 0.25) is 0 Å². The van der Waals surface area contributed by atoms with E-state index < -0.39 is 258 Å². The zero-order chi connectivity index (χ0) is 84.1. The van der Waals surface area contributed by atoms with Crippen molar-refractivity contribution in [1.82, 2.24) is 0 Å². The van der Waals surface area contributed by atoms with Crippen LogP contribution in [0.4, 0.5) is 0 Å². The van der Waals surface area contributed by atoms with Gasteiger partial charge in [0.05, 0.1) is 46.6 Å². The summed E-state index contributed by atoms with van der Waals surface area (Å²) in [5.74, 6) is 0. The predicted octanol–water partition coefficient (Wildman–Crippen LogP) is 23.4. The molecule has 384 valence electrons. The molecule has 1 heterocycles. The second-order valence-electron chi connectivity index (χ2n) is 19.5. The second kappa shape index (κ2) is 18.9. The highest BCUT2D eigenvalue weighted by Gasteiger charge is 2.20. The highest BCUT2D eigenvalue weighted by molar-refractivity contribution is 6.28. The van der Waals surface area contributed by atoms with E-state index in [1.54, 1.807) is 12.1 Å². The maximum absolute atomic E-state index is 10.0. The van der Waals surface area contributed by atoms with Crippen molar-refractivity contribution in [3.8, 4) is 66.8 Å². The van der Waals surface area contributed by atoms with Gasteiger partial charge in [0.25, 0.3) is 0 Å². The van der Waals surface area contributed by atoms with Crippen molar-refractivity contribution >= 4 is 108 Å². The molecule has 1 aromatic heterocycles. The van der Waals surface area contributed by atoms with Crippen molar-refractivity contribution in [2.24, 2.45) is 0 Å². The molecule has 0 saturated carbocycles. The van der Waals surface area contributed by atoms with Gasteiger partial charge in [-0.2, -0.15) is 0 Å². The third-order valence-electron chi connectivity index (χ3n) is 14.9. The van der Waals surface area contributed by atoms with Crippen LogP contribution in [0.25, 0.3) is 175 Å². The predicted molar refractivity (Wildman–Crippen MR) is 355 cm³/mol. The first-order chi connectivity index (χ1) is 55.3. The van der Waals surface area contributed by atoms with E-state index in [1.165, 1.54) is 0 Å². The molecule has 0 bridgehead atoms. The molecule has 17 aromatic carbocycles. The molecule has 0 aliphatic rings. The summed E-state index contributed by atoms with van der Waals surface area (Å²) in [5.41, 5.74) is 0.0526. The molecular formula is C82H50O. The van der Waals surface area contributed by atoms with Crippen LogP contribution in [0.1, 0.15) is 46.6 Å². The van der Waals surface area contributed by atoms with E-state index in [0.29, 0.717) is 33.4 Å². The molecule has 0 aliphatic heterocycles. The first-order valence-corrected chi connectivity index (χ1v) is 26.0. The Bertz CT molecular complexity index is 7260. The van der Waals surface area contributed by atoms with Gasteiger partial charge in [0, 0.05) is 10.8 Å². The summed E-state index contributed by atoms with van der Waals surface area (Å²) >= 11 is 0. The van der Waals surface area contributed by atoms with Crippen LogP contribution in [-0.2, 0) is 0 Å². The Balaban J connectivity index is 0.000000181. The third kappa shape index (κ3) is 7.63. The Morgan fingerprint density at radius 1 is 0.229 bits per heavy atom. The molecule has 18 rings (SSSR count). The Morgan fingerprint density at radius 2 is 0.651 bits per heavy atom. The fraction of sp³-hybridized carbons (Fsp3) is 0. The Kier molecular flexibility index (Phi) is 5.57. The van der Waals surface area contributed by atoms with E-state index in [4.69, 9.17) is 33.2 Å². The summed E-state index contributed by atoms with van der Waals surface area (Å²) < 4.78 is 313. The van der Waals surface area contributed by atoms with Crippen molar-refractivity contribution in [3.63, 3.8) is 0 Å². The monoisotopic (exact) mass is 1080 g/mol. The normalized spacial score (nSPS) is 17.6. The van der Waals surface area contributed by atoms with Crippen LogP contribution in [0.15, 0.2) is 307 Å². The number of furan rings is 1. The third-order valence-corrected chi connectivity index (χ3v) is 14.9. The first kappa shape index (κ1) is 24.5. The number of rotatable bonds is 6. The first-order valence-electron chi connectivity index (χ1n) is 43.0. The van der Waals surface area contributed by atoms with Gasteiger partial charge in [0.1, 0.15) is 11.2 Å². The van der Waals surface area contributed by atoms with E-state index in [0.717, 1.165) is 21.9 Å². The van der Waals surface area contributed by atoms with Crippen LogP contribution < -0.4 is 0 Å². The lowest BCUT2D eigenvalue weighted by molar-refractivity contribution is 0.669. The van der Waals surface area contributed by atoms with Crippen LogP contribution in [0, 0.1) is 0 Å². The molecule has 0 atom stereocenters. The second-order valence-corrected chi connectivity index (χ2v) is 19.5. The van der Waals surface area contributed by atoms with Crippen molar-refractivity contribution in [2.75, 3.05) is 0 Å². The summed E-state index contributed by atoms with van der Waals surface area (Å²) in [6.07, 6.45) is 0. The highest BCUT2D eigenvalue weighted by Crippen LogP contribution is 2.47. The van der Waals surface area contributed by atoms with Gasteiger partial charge in [-0.1, -0.05) is 266 Å². The number of benzene rings is 17. The minimum absolute atomic E-state index is 0.183. The standard InChI is InChI=1S/C44H26.C38H24O/c1-2-6-27(7-3-1)34-24-35(37-20-16-32-14-12-28-8-4-10-30-18-22-39(37)43(32)41(28)30)26-36(25-34)38-21-17-33-15-13-29-9-5-11-31-19-23-40(38)44(33)42(29)31;1-2-10-25(11-3-1)26-18-20-27(21-19-26)37-30-13-4-6-15-32(30)38(33-16-7-5-14-31(33)37)28-22-23-36-34(24-28)29-12-8-9-17-35(29)39-36/h1-26H;1-24H/i1D,2D,3D,4D,5D,6D,7D,8D,9D,10D,11D,12D,13D,14D,15D,16D,17D,18D,19D,20D,21D,22D,23D,24D,25D,26D;4D,5D,6D,7D,13D,14D,15D,16D. The van der Waals surface area contributed by atoms with Gasteiger partial charge < -0.3 is 4.42 Å². The zero-order valence-corrected chi connectivity index (χ0v) is 42.6. The fourth-order valence-corrected chi connectivity index (χ4v) is 11.3. The van der Waals surface area contributed by atoms with Crippen LogP contribution in [0.5, 0.6) is 0 Å². The van der Waals surface area contributed by atoms with Gasteiger partial charge in [-0.15, -0.1) is 0 Å². The topological polar surface area (TPSA) is 13.1 Å². The van der Waals surface area contributed by atoms with Gasteiger partial charge in [-0.25, -0.2) is 0 Å². The maximum Gasteiger partial charge on any atom is 0.135 e. The van der Waals surface area contributed by atoms with Gasteiger partial charge >= 0.3 is 0 Å². The molecule has 0 aliphatic carbocycles. The Morgan fingerprint density at radius 3 is 1.22 bits per heavy atom. The van der Waals surface area contributed by atoms with E-state index in [-0.39, 0.29) is 67.3 Å². The van der Waals surface area contributed by atoms with E-state index >= 15 is 0 Å². The Labute approximate surface area is 527 Å². The number of fused-ring (bicyclic) bond motifs is 5. The van der Waals surface area contributed by atoms with Crippen molar-refractivity contribution < 1.29 is 51.0 Å². The molecule has 0 N–H and O–H groups in total. The fourth-order valence-electron chi connectivity index (χ4n) is 11.3. The largest absolute Gasteiger partial charge is 0.456 e. The van der Waals surface area contributed by atoms with E-state index in [2.05, 4.69) is 0 Å². The molecule has 18 aromatic rings. The molecule has 0 radical (unpaired) electrons. The van der Waals surface area contributed by atoms with Gasteiger partial charge in [0.2, 0.25) is 0 Å². The molecule has 0 amide bonds. The Hall–Kier alpha value is -10.9. The molecule has 0 saturated heterocycles. The average Bonchev–Trinajstić information content (AvgIpc) is 0.705. The van der Waals surface area contributed by atoms with Crippen LogP contribution in [-0.4, -0.2) is 0 Å². The van der Waals surface area contributed by atoms with Crippen LogP contribution >= 0.6 is 0 Å². The smallest absolute Gasteiger partial charge is 0.135 e. The molecule has 83 heavy (non-hydrogen) atoms. The van der Waals surface area contributed by atoms with Crippen LogP contribution in [0.3, 0.4) is 0 Å². The van der Waals surface area contributed by atoms with Crippen molar-refractivity contribution in [2.45, 2.75) is 0 Å². The summed E-state index contributed by atoms with van der Waals surface area (Å²) in [6, 6.07) is 5.08. The minimum atomic E-state index is -1.06. The summed E-state index contributed by atoms with van der Waals surface area (Å²) in [5, 5.41) is -2.85. The molecule has 1 heteroatoms. The quantitative estimate of drug-likeness (QED) is 0.119. The lowest BCUT2D eigenvalue weighted by atomic mass is 9.85. The molecular weight excluding hydrogens is 1000 g/mol. The molecule has 1 nitrogen and oxygen atoms in total. The van der Waals surface area contributed by atoms with E-state index in [9.17, 15) is 17.8 Å². The molecule has 0 spiro atoms. The maximum atomic E-state index is 10.0. The van der Waals surface area contributed by atoms with Gasteiger partial charge in [-0.05, 0) is 189 Å². The van der Waals surface area contributed by atoms with Crippen molar-refractivity contribution in [1.29, 1.82) is 0 Å². The summed E-state index contributed by atoms with van der Waals surface area (Å²) in [6.45, 7) is 0. The van der Waals surface area contributed by atoms with Crippen molar-refractivity contribution in [3.05, 3.63) is 303 Å².